The third-order valence-electron chi connectivity index (χ3n) is 1.94. The molecule has 0 aliphatic heterocycles. The number of anilines is 1. The summed E-state index contributed by atoms with van der Waals surface area (Å²) in [5.41, 5.74) is 7.12. The number of rotatable bonds is 0. The minimum absolute atomic E-state index is 0.279. The van der Waals surface area contributed by atoms with Crippen molar-refractivity contribution in [1.82, 2.24) is 9.97 Å². The van der Waals surface area contributed by atoms with Gasteiger partial charge in [-0.05, 0) is 12.8 Å². The third kappa shape index (κ3) is 1.49. The van der Waals surface area contributed by atoms with E-state index in [1.54, 1.807) is 6.20 Å². The summed E-state index contributed by atoms with van der Waals surface area (Å²) < 4.78 is 0. The highest BCUT2D eigenvalue weighted by Gasteiger charge is 2.17. The highest BCUT2D eigenvalue weighted by Crippen LogP contribution is 2.34. The van der Waals surface area contributed by atoms with Crippen LogP contribution in [-0.4, -0.2) is 9.97 Å². The fraction of sp³-hybridized carbons (Fsp3) is 0.250. The number of aromatic nitrogens is 2. The molecule has 0 saturated carbocycles. The van der Waals surface area contributed by atoms with Crippen LogP contribution in [0.2, 0.25) is 0 Å². The zero-order valence-electron chi connectivity index (χ0n) is 6.72. The summed E-state index contributed by atoms with van der Waals surface area (Å²) in [5, 5.41) is 1.21. The second kappa shape index (κ2) is 3.16. The number of allylic oxidation sites excluding steroid dienone is 1. The number of nitrogen functional groups attached to an aromatic ring is 1. The summed E-state index contributed by atoms with van der Waals surface area (Å²) in [6, 6.07) is 0. The average Bonchev–Trinajstić information content (AvgIpc) is 2.12. The fourth-order valence-electron chi connectivity index (χ4n) is 1.29. The van der Waals surface area contributed by atoms with Gasteiger partial charge >= 0.3 is 0 Å². The van der Waals surface area contributed by atoms with Gasteiger partial charge in [0, 0.05) is 16.8 Å². The number of nitrogens with zero attached hydrogens (tertiary/aromatic N) is 2. The maximum Gasteiger partial charge on any atom is 0.220 e. The molecule has 0 bridgehead atoms. The molecule has 1 aromatic heterocycles. The second-order valence-electron chi connectivity index (χ2n) is 2.81. The average molecular weight is 216 g/mol. The highest BCUT2D eigenvalue weighted by molar-refractivity contribution is 6.54. The molecule has 68 valence electrons. The van der Waals surface area contributed by atoms with E-state index in [0.29, 0.717) is 10.1 Å². The molecule has 0 aromatic carbocycles. The quantitative estimate of drug-likeness (QED) is 0.722. The standard InChI is InChI=1S/C8H7Cl2N3/c9-5-1-2-6-4(7(5)10)3-12-8(11)13-6/h3H,1-2H2,(H2,11,12,13). The van der Waals surface area contributed by atoms with Gasteiger partial charge in [0.25, 0.3) is 0 Å². The molecular weight excluding hydrogens is 209 g/mol. The number of fused-ring (bicyclic) bond motifs is 1. The normalized spacial score (nSPS) is 15.8. The van der Waals surface area contributed by atoms with Crippen molar-refractivity contribution in [3.63, 3.8) is 0 Å². The molecule has 0 spiro atoms. The van der Waals surface area contributed by atoms with Gasteiger partial charge in [0.05, 0.1) is 10.7 Å². The van der Waals surface area contributed by atoms with Crippen molar-refractivity contribution in [2.45, 2.75) is 12.8 Å². The van der Waals surface area contributed by atoms with Crippen LogP contribution >= 0.6 is 23.2 Å². The molecule has 2 rings (SSSR count). The van der Waals surface area contributed by atoms with E-state index in [0.717, 1.165) is 24.1 Å². The van der Waals surface area contributed by atoms with Crippen molar-refractivity contribution in [2.24, 2.45) is 0 Å². The summed E-state index contributed by atoms with van der Waals surface area (Å²) in [6.45, 7) is 0. The predicted molar refractivity (Wildman–Crippen MR) is 53.4 cm³/mol. The van der Waals surface area contributed by atoms with Gasteiger partial charge in [-0.2, -0.15) is 0 Å². The predicted octanol–water partition coefficient (Wildman–Crippen LogP) is 2.15. The zero-order chi connectivity index (χ0) is 9.42. The number of hydrogen-bond acceptors (Lipinski definition) is 3. The molecule has 5 heteroatoms. The molecule has 0 fully saturated rings. The molecule has 0 saturated heterocycles. The smallest absolute Gasteiger partial charge is 0.220 e. The number of nitrogens with two attached hydrogens (primary N) is 1. The lowest BCUT2D eigenvalue weighted by Crippen LogP contribution is -2.06. The van der Waals surface area contributed by atoms with E-state index in [1.165, 1.54) is 0 Å². The Morgan fingerprint density at radius 3 is 2.85 bits per heavy atom. The summed E-state index contributed by atoms with van der Waals surface area (Å²) >= 11 is 11.9. The lowest BCUT2D eigenvalue weighted by Gasteiger charge is -2.14. The van der Waals surface area contributed by atoms with Gasteiger partial charge in [-0.3, -0.25) is 0 Å². The van der Waals surface area contributed by atoms with Gasteiger partial charge < -0.3 is 5.73 Å². The SMILES string of the molecule is Nc1ncc2c(n1)CCC(Cl)=C2Cl. The summed E-state index contributed by atoms with van der Waals surface area (Å²) in [4.78, 5) is 7.95. The Hall–Kier alpha value is -0.800. The van der Waals surface area contributed by atoms with Crippen molar-refractivity contribution in [3.05, 3.63) is 22.5 Å². The lowest BCUT2D eigenvalue weighted by atomic mass is 10.0. The van der Waals surface area contributed by atoms with Crippen LogP contribution in [0.3, 0.4) is 0 Å². The first-order chi connectivity index (χ1) is 6.18. The van der Waals surface area contributed by atoms with Crippen LogP contribution in [0.25, 0.3) is 5.03 Å². The van der Waals surface area contributed by atoms with E-state index in [-0.39, 0.29) is 5.95 Å². The molecule has 0 amide bonds. The Labute approximate surface area is 85.6 Å². The van der Waals surface area contributed by atoms with Crippen LogP contribution in [0.4, 0.5) is 5.95 Å². The molecule has 0 atom stereocenters. The molecular formula is C8H7Cl2N3. The molecule has 13 heavy (non-hydrogen) atoms. The molecule has 3 nitrogen and oxygen atoms in total. The summed E-state index contributed by atoms with van der Waals surface area (Å²) in [6.07, 6.45) is 3.11. The van der Waals surface area contributed by atoms with Gasteiger partial charge in [0.15, 0.2) is 0 Å². The second-order valence-corrected chi connectivity index (χ2v) is 3.64. The monoisotopic (exact) mass is 215 g/mol. The molecule has 1 heterocycles. The first kappa shape index (κ1) is 8.78. The van der Waals surface area contributed by atoms with Crippen molar-refractivity contribution in [1.29, 1.82) is 0 Å². The summed E-state index contributed by atoms with van der Waals surface area (Å²) in [5.74, 6) is 0.279. The Bertz CT molecular complexity index is 387. The van der Waals surface area contributed by atoms with Crippen LogP contribution in [0, 0.1) is 0 Å². The fourth-order valence-corrected chi connectivity index (χ4v) is 1.74. The zero-order valence-corrected chi connectivity index (χ0v) is 8.23. The van der Waals surface area contributed by atoms with Crippen molar-refractivity contribution >= 4 is 34.2 Å². The molecule has 2 N–H and O–H groups in total. The molecule has 1 aliphatic carbocycles. The minimum Gasteiger partial charge on any atom is -0.368 e. The van der Waals surface area contributed by atoms with E-state index in [2.05, 4.69) is 9.97 Å². The van der Waals surface area contributed by atoms with Crippen LogP contribution in [0.15, 0.2) is 11.2 Å². The number of halogens is 2. The van der Waals surface area contributed by atoms with E-state index in [4.69, 9.17) is 28.9 Å². The van der Waals surface area contributed by atoms with Crippen molar-refractivity contribution < 1.29 is 0 Å². The van der Waals surface area contributed by atoms with Crippen LogP contribution in [-0.2, 0) is 6.42 Å². The highest BCUT2D eigenvalue weighted by atomic mass is 35.5. The molecule has 1 aromatic rings. The van der Waals surface area contributed by atoms with Crippen molar-refractivity contribution in [3.8, 4) is 0 Å². The van der Waals surface area contributed by atoms with Crippen LogP contribution < -0.4 is 5.73 Å². The lowest BCUT2D eigenvalue weighted by molar-refractivity contribution is 0.902. The third-order valence-corrected chi connectivity index (χ3v) is 2.85. The Morgan fingerprint density at radius 1 is 1.31 bits per heavy atom. The topological polar surface area (TPSA) is 51.8 Å². The van der Waals surface area contributed by atoms with Crippen LogP contribution in [0.5, 0.6) is 0 Å². The van der Waals surface area contributed by atoms with Crippen molar-refractivity contribution in [2.75, 3.05) is 5.73 Å². The first-order valence-corrected chi connectivity index (χ1v) is 4.60. The first-order valence-electron chi connectivity index (χ1n) is 3.84. The van der Waals surface area contributed by atoms with Crippen LogP contribution in [0.1, 0.15) is 17.7 Å². The van der Waals surface area contributed by atoms with Gasteiger partial charge in [-0.1, -0.05) is 23.2 Å². The minimum atomic E-state index is 0.279. The number of aryl methyl sites for hydroxylation is 1. The van der Waals surface area contributed by atoms with Gasteiger partial charge in [0.1, 0.15) is 0 Å². The Morgan fingerprint density at radius 2 is 2.08 bits per heavy atom. The van der Waals surface area contributed by atoms with E-state index in [9.17, 15) is 0 Å². The van der Waals surface area contributed by atoms with E-state index in [1.807, 2.05) is 0 Å². The molecule has 0 unspecified atom stereocenters. The number of hydrogen-bond donors (Lipinski definition) is 1. The molecule has 1 aliphatic rings. The maximum atomic E-state index is 5.98. The largest absolute Gasteiger partial charge is 0.368 e. The van der Waals surface area contributed by atoms with Gasteiger partial charge in [-0.15, -0.1) is 0 Å². The van der Waals surface area contributed by atoms with Gasteiger partial charge in [0.2, 0.25) is 5.95 Å². The molecule has 0 radical (unpaired) electrons. The summed E-state index contributed by atoms with van der Waals surface area (Å²) in [7, 11) is 0. The van der Waals surface area contributed by atoms with Gasteiger partial charge in [-0.25, -0.2) is 9.97 Å². The Kier molecular flexibility index (Phi) is 2.14. The Balaban J connectivity index is 2.58. The van der Waals surface area contributed by atoms with E-state index >= 15 is 0 Å². The van der Waals surface area contributed by atoms with E-state index < -0.39 is 0 Å². The maximum absolute atomic E-state index is 5.98.